The molecular weight excluding hydrogens is 206 g/mol. The summed E-state index contributed by atoms with van der Waals surface area (Å²) in [5.74, 6) is 1.62. The minimum absolute atomic E-state index is 0.0172. The van der Waals surface area contributed by atoms with Crippen molar-refractivity contribution < 1.29 is 4.79 Å². The summed E-state index contributed by atoms with van der Waals surface area (Å²) < 4.78 is 0. The average molecular weight is 223 g/mol. The highest BCUT2D eigenvalue weighted by Crippen LogP contribution is 2.03. The molecule has 0 aliphatic rings. The van der Waals surface area contributed by atoms with Crippen LogP contribution in [-0.4, -0.2) is 24.5 Å². The summed E-state index contributed by atoms with van der Waals surface area (Å²) in [6, 6.07) is 9.32. The van der Waals surface area contributed by atoms with E-state index in [0.717, 1.165) is 17.9 Å². The lowest BCUT2D eigenvalue weighted by Gasteiger charge is -2.10. The number of rotatable bonds is 5. The second-order valence-corrected chi connectivity index (χ2v) is 4.55. The molecule has 0 spiro atoms. The molecule has 0 aliphatic heterocycles. The van der Waals surface area contributed by atoms with Gasteiger partial charge in [0.05, 0.1) is 0 Å². The molecule has 3 heteroatoms. The van der Waals surface area contributed by atoms with Gasteiger partial charge in [-0.3, -0.25) is 4.79 Å². The van der Waals surface area contributed by atoms with Gasteiger partial charge in [-0.15, -0.1) is 0 Å². The number of amides is 1. The van der Waals surface area contributed by atoms with Gasteiger partial charge in [0.1, 0.15) is 0 Å². The Balaban J connectivity index is 2.37. The van der Waals surface area contributed by atoms with Crippen molar-refractivity contribution in [2.24, 2.45) is 5.92 Å². The third kappa shape index (κ3) is 4.38. The highest BCUT2D eigenvalue weighted by molar-refractivity contribution is 7.98. The molecule has 1 aromatic rings. The molecule has 0 saturated carbocycles. The number of carbonyl (C=O) groups is 1. The topological polar surface area (TPSA) is 29.1 Å². The summed E-state index contributed by atoms with van der Waals surface area (Å²) in [5, 5.41) is 2.93. The zero-order chi connectivity index (χ0) is 11.1. The highest BCUT2D eigenvalue weighted by atomic mass is 32.2. The Labute approximate surface area is 95.5 Å². The van der Waals surface area contributed by atoms with E-state index in [-0.39, 0.29) is 5.91 Å². The smallest absolute Gasteiger partial charge is 0.251 e. The first-order valence-electron chi connectivity index (χ1n) is 5.06. The van der Waals surface area contributed by atoms with Gasteiger partial charge in [-0.05, 0) is 30.1 Å². The molecule has 1 aromatic carbocycles. The van der Waals surface area contributed by atoms with Crippen LogP contribution in [0.4, 0.5) is 0 Å². The molecule has 0 heterocycles. The third-order valence-corrected chi connectivity index (χ3v) is 3.00. The zero-order valence-electron chi connectivity index (χ0n) is 9.19. The Morgan fingerprint density at radius 2 is 2.07 bits per heavy atom. The summed E-state index contributed by atoms with van der Waals surface area (Å²) in [7, 11) is 0. The molecule has 0 radical (unpaired) electrons. The molecule has 0 saturated heterocycles. The molecule has 1 amide bonds. The predicted molar refractivity (Wildman–Crippen MR) is 66.3 cm³/mol. The maximum atomic E-state index is 11.6. The van der Waals surface area contributed by atoms with Gasteiger partial charge in [-0.1, -0.05) is 25.1 Å². The van der Waals surface area contributed by atoms with Gasteiger partial charge >= 0.3 is 0 Å². The molecule has 1 N–H and O–H groups in total. The molecule has 2 nitrogen and oxygen atoms in total. The van der Waals surface area contributed by atoms with Crippen LogP contribution in [0, 0.1) is 5.92 Å². The van der Waals surface area contributed by atoms with Crippen LogP contribution in [0.15, 0.2) is 30.3 Å². The standard InChI is InChI=1S/C12H17NOS/c1-10(9-15-2)8-13-12(14)11-6-4-3-5-7-11/h3-7,10H,8-9H2,1-2H3,(H,13,14). The van der Waals surface area contributed by atoms with Crippen molar-refractivity contribution in [3.63, 3.8) is 0 Å². The summed E-state index contributed by atoms with van der Waals surface area (Å²) in [5.41, 5.74) is 0.730. The van der Waals surface area contributed by atoms with Crippen LogP contribution in [0.3, 0.4) is 0 Å². The van der Waals surface area contributed by atoms with Crippen molar-refractivity contribution in [2.75, 3.05) is 18.6 Å². The third-order valence-electron chi connectivity index (χ3n) is 2.10. The summed E-state index contributed by atoms with van der Waals surface area (Å²) in [6.45, 7) is 2.89. The molecule has 0 aromatic heterocycles. The van der Waals surface area contributed by atoms with Crippen LogP contribution in [0.5, 0.6) is 0 Å². The molecule has 0 bridgehead atoms. The Morgan fingerprint density at radius 3 is 2.67 bits per heavy atom. The first-order chi connectivity index (χ1) is 7.24. The number of benzene rings is 1. The zero-order valence-corrected chi connectivity index (χ0v) is 10.0. The fraction of sp³-hybridized carbons (Fsp3) is 0.417. The number of nitrogens with one attached hydrogen (secondary N) is 1. The number of hydrogen-bond acceptors (Lipinski definition) is 2. The molecule has 1 rings (SSSR count). The van der Waals surface area contributed by atoms with Gasteiger partial charge in [0.15, 0.2) is 0 Å². The molecule has 82 valence electrons. The summed E-state index contributed by atoms with van der Waals surface area (Å²) >= 11 is 1.81. The van der Waals surface area contributed by atoms with E-state index in [4.69, 9.17) is 0 Å². The normalized spacial score (nSPS) is 12.1. The number of carbonyl (C=O) groups excluding carboxylic acids is 1. The molecule has 1 unspecified atom stereocenters. The maximum Gasteiger partial charge on any atom is 0.251 e. The van der Waals surface area contributed by atoms with E-state index in [9.17, 15) is 4.79 Å². The fourth-order valence-corrected chi connectivity index (χ4v) is 1.99. The van der Waals surface area contributed by atoms with Crippen molar-refractivity contribution in [3.05, 3.63) is 35.9 Å². The van der Waals surface area contributed by atoms with Gasteiger partial charge in [-0.25, -0.2) is 0 Å². The van der Waals surface area contributed by atoms with Crippen LogP contribution in [0.2, 0.25) is 0 Å². The van der Waals surface area contributed by atoms with Gasteiger partial charge in [0, 0.05) is 12.1 Å². The van der Waals surface area contributed by atoms with Crippen LogP contribution in [0.1, 0.15) is 17.3 Å². The van der Waals surface area contributed by atoms with Gasteiger partial charge in [-0.2, -0.15) is 11.8 Å². The van der Waals surface area contributed by atoms with Crippen LogP contribution in [0.25, 0.3) is 0 Å². The molecule has 1 atom stereocenters. The minimum atomic E-state index is 0.0172. The van der Waals surface area contributed by atoms with Gasteiger partial charge in [0.25, 0.3) is 5.91 Å². The monoisotopic (exact) mass is 223 g/mol. The van der Waals surface area contributed by atoms with Crippen molar-refractivity contribution >= 4 is 17.7 Å². The second-order valence-electron chi connectivity index (χ2n) is 3.64. The largest absolute Gasteiger partial charge is 0.352 e. The van der Waals surface area contributed by atoms with Crippen LogP contribution in [-0.2, 0) is 0 Å². The van der Waals surface area contributed by atoms with E-state index in [1.165, 1.54) is 0 Å². The molecule has 0 aliphatic carbocycles. The van der Waals surface area contributed by atoms with Gasteiger partial charge in [0.2, 0.25) is 0 Å². The van der Waals surface area contributed by atoms with Gasteiger partial charge < -0.3 is 5.32 Å². The van der Waals surface area contributed by atoms with E-state index < -0.39 is 0 Å². The SMILES string of the molecule is CSCC(C)CNC(=O)c1ccccc1. The Bertz CT molecular complexity index is 300. The summed E-state index contributed by atoms with van der Waals surface area (Å²) in [6.07, 6.45) is 2.08. The quantitative estimate of drug-likeness (QED) is 0.830. The van der Waals surface area contributed by atoms with Crippen LogP contribution >= 0.6 is 11.8 Å². The van der Waals surface area contributed by atoms with E-state index in [1.807, 2.05) is 30.3 Å². The van der Waals surface area contributed by atoms with E-state index in [0.29, 0.717) is 5.92 Å². The van der Waals surface area contributed by atoms with E-state index in [2.05, 4.69) is 18.5 Å². The van der Waals surface area contributed by atoms with E-state index >= 15 is 0 Å². The molecule has 15 heavy (non-hydrogen) atoms. The minimum Gasteiger partial charge on any atom is -0.352 e. The summed E-state index contributed by atoms with van der Waals surface area (Å²) in [4.78, 5) is 11.6. The van der Waals surface area contributed by atoms with Crippen molar-refractivity contribution in [3.8, 4) is 0 Å². The predicted octanol–water partition coefficient (Wildman–Crippen LogP) is 2.42. The Morgan fingerprint density at radius 1 is 1.40 bits per heavy atom. The average Bonchev–Trinajstić information content (AvgIpc) is 2.27. The number of thioether (sulfide) groups is 1. The maximum absolute atomic E-state index is 11.6. The Hall–Kier alpha value is -0.960. The fourth-order valence-electron chi connectivity index (χ4n) is 1.30. The highest BCUT2D eigenvalue weighted by Gasteiger charge is 2.06. The lowest BCUT2D eigenvalue weighted by Crippen LogP contribution is -2.28. The van der Waals surface area contributed by atoms with E-state index in [1.54, 1.807) is 11.8 Å². The lowest BCUT2D eigenvalue weighted by molar-refractivity contribution is 0.0949. The Kier molecular flexibility index (Phi) is 5.26. The molecule has 0 fully saturated rings. The first-order valence-corrected chi connectivity index (χ1v) is 6.45. The van der Waals surface area contributed by atoms with Crippen molar-refractivity contribution in [1.29, 1.82) is 0 Å². The molecular formula is C12H17NOS. The first kappa shape index (κ1) is 12.1. The number of hydrogen-bond donors (Lipinski definition) is 1. The lowest BCUT2D eigenvalue weighted by atomic mass is 10.2. The van der Waals surface area contributed by atoms with Crippen molar-refractivity contribution in [2.45, 2.75) is 6.92 Å². The van der Waals surface area contributed by atoms with Crippen LogP contribution < -0.4 is 5.32 Å². The van der Waals surface area contributed by atoms with Crippen molar-refractivity contribution in [1.82, 2.24) is 5.32 Å². The second kappa shape index (κ2) is 6.51.